The lowest BCUT2D eigenvalue weighted by Crippen LogP contribution is -2.44. The van der Waals surface area contributed by atoms with Gasteiger partial charge in [-0.3, -0.25) is 0 Å². The van der Waals surface area contributed by atoms with E-state index >= 15 is 0 Å². The molecule has 1 aromatic rings. The van der Waals surface area contributed by atoms with Gasteiger partial charge >= 0.3 is 0 Å². The van der Waals surface area contributed by atoms with E-state index in [1.54, 1.807) is 13.3 Å². The molecular weight excluding hydrogens is 320 g/mol. The maximum atomic E-state index is 5.27. The smallest absolute Gasteiger partial charge is 0.232 e. The van der Waals surface area contributed by atoms with Gasteiger partial charge in [0.25, 0.3) is 0 Å². The minimum absolute atomic E-state index is 0.608. The predicted molar refractivity (Wildman–Crippen MR) is 82.2 cm³/mol. The summed E-state index contributed by atoms with van der Waals surface area (Å²) in [5.41, 5.74) is 0. The highest BCUT2D eigenvalue weighted by molar-refractivity contribution is 9.10. The zero-order valence-corrected chi connectivity index (χ0v) is 13.4. The molecule has 5 nitrogen and oxygen atoms in total. The average Bonchev–Trinajstić information content (AvgIpc) is 3.02. The van der Waals surface area contributed by atoms with Crippen molar-refractivity contribution in [2.24, 2.45) is 5.92 Å². The average molecular weight is 341 g/mol. The third-order valence-electron chi connectivity index (χ3n) is 4.30. The van der Waals surface area contributed by atoms with Gasteiger partial charge in [0, 0.05) is 19.1 Å². The molecule has 1 aromatic heterocycles. The number of halogens is 1. The first-order valence-electron chi connectivity index (χ1n) is 7.33. The molecule has 6 heteroatoms. The molecule has 0 aliphatic carbocycles. The standard InChI is InChI=1S/C14H21BrN4O/c1-20-13-11(15)8-17-14(18-13)19-7-3-4-10(9-19)12-5-2-6-16-12/h8,10,12,16H,2-7,9H2,1H3. The summed E-state index contributed by atoms with van der Waals surface area (Å²) in [4.78, 5) is 11.2. The molecule has 3 heterocycles. The minimum atomic E-state index is 0.608. The number of methoxy groups -OCH3 is 1. The maximum absolute atomic E-state index is 5.27. The highest BCUT2D eigenvalue weighted by Crippen LogP contribution is 2.29. The summed E-state index contributed by atoms with van der Waals surface area (Å²) in [5, 5.41) is 3.63. The van der Waals surface area contributed by atoms with Gasteiger partial charge in [0.1, 0.15) is 0 Å². The number of hydrogen-bond donors (Lipinski definition) is 1. The summed E-state index contributed by atoms with van der Waals surface area (Å²) in [5.74, 6) is 2.10. The van der Waals surface area contributed by atoms with Crippen molar-refractivity contribution < 1.29 is 4.74 Å². The van der Waals surface area contributed by atoms with E-state index in [4.69, 9.17) is 4.74 Å². The number of ether oxygens (including phenoxy) is 1. The minimum Gasteiger partial charge on any atom is -0.480 e. The van der Waals surface area contributed by atoms with Gasteiger partial charge in [-0.15, -0.1) is 0 Å². The van der Waals surface area contributed by atoms with Crippen LogP contribution in [0.25, 0.3) is 0 Å². The molecule has 2 fully saturated rings. The summed E-state index contributed by atoms with van der Waals surface area (Å²) in [6, 6.07) is 0.676. The van der Waals surface area contributed by atoms with Crippen LogP contribution < -0.4 is 15.0 Å². The van der Waals surface area contributed by atoms with Crippen LogP contribution in [0, 0.1) is 5.92 Å². The normalized spacial score (nSPS) is 26.8. The quantitative estimate of drug-likeness (QED) is 0.914. The molecule has 110 valence electrons. The Labute approximate surface area is 128 Å². The van der Waals surface area contributed by atoms with Crippen LogP contribution in [0.2, 0.25) is 0 Å². The monoisotopic (exact) mass is 340 g/mol. The second-order valence-corrected chi connectivity index (χ2v) is 6.43. The van der Waals surface area contributed by atoms with Crippen LogP contribution >= 0.6 is 15.9 Å². The molecule has 2 unspecified atom stereocenters. The molecule has 0 amide bonds. The number of nitrogens with one attached hydrogen (secondary N) is 1. The Balaban J connectivity index is 1.72. The Morgan fingerprint density at radius 1 is 1.40 bits per heavy atom. The Bertz CT molecular complexity index is 464. The molecule has 2 aliphatic rings. The van der Waals surface area contributed by atoms with Crippen LogP contribution in [-0.4, -0.2) is 42.8 Å². The SMILES string of the molecule is COc1nc(N2CCCC(C3CCCN3)C2)ncc1Br. The molecule has 1 N–H and O–H groups in total. The van der Waals surface area contributed by atoms with E-state index in [9.17, 15) is 0 Å². The lowest BCUT2D eigenvalue weighted by atomic mass is 9.90. The molecule has 0 bridgehead atoms. The highest BCUT2D eigenvalue weighted by Gasteiger charge is 2.30. The van der Waals surface area contributed by atoms with Crippen molar-refractivity contribution in [3.8, 4) is 5.88 Å². The summed E-state index contributed by atoms with van der Waals surface area (Å²) in [7, 11) is 1.64. The van der Waals surface area contributed by atoms with E-state index in [2.05, 4.69) is 36.1 Å². The van der Waals surface area contributed by atoms with Crippen molar-refractivity contribution in [1.29, 1.82) is 0 Å². The first-order chi connectivity index (χ1) is 9.78. The summed E-state index contributed by atoms with van der Waals surface area (Å²) >= 11 is 3.40. The van der Waals surface area contributed by atoms with Gasteiger partial charge in [0.15, 0.2) is 0 Å². The Morgan fingerprint density at radius 3 is 3.05 bits per heavy atom. The fraction of sp³-hybridized carbons (Fsp3) is 0.714. The first-order valence-corrected chi connectivity index (χ1v) is 8.12. The van der Waals surface area contributed by atoms with Crippen molar-refractivity contribution in [3.05, 3.63) is 10.7 Å². The zero-order valence-electron chi connectivity index (χ0n) is 11.8. The van der Waals surface area contributed by atoms with Gasteiger partial charge in [-0.1, -0.05) is 0 Å². The van der Waals surface area contributed by atoms with Gasteiger partial charge in [-0.2, -0.15) is 4.98 Å². The van der Waals surface area contributed by atoms with Gasteiger partial charge in [0.2, 0.25) is 11.8 Å². The fourth-order valence-corrected chi connectivity index (χ4v) is 3.63. The van der Waals surface area contributed by atoms with Crippen LogP contribution in [-0.2, 0) is 0 Å². The zero-order chi connectivity index (χ0) is 13.9. The molecule has 0 spiro atoms. The Hall–Kier alpha value is -0.880. The second-order valence-electron chi connectivity index (χ2n) is 5.58. The van der Waals surface area contributed by atoms with Gasteiger partial charge in [0.05, 0.1) is 17.8 Å². The Morgan fingerprint density at radius 2 is 2.30 bits per heavy atom. The van der Waals surface area contributed by atoms with E-state index < -0.39 is 0 Å². The third-order valence-corrected chi connectivity index (χ3v) is 4.84. The predicted octanol–water partition coefficient (Wildman–Crippen LogP) is 2.22. The Kier molecular flexibility index (Phi) is 4.41. The lowest BCUT2D eigenvalue weighted by Gasteiger charge is -2.35. The number of anilines is 1. The number of rotatable bonds is 3. The van der Waals surface area contributed by atoms with Crippen molar-refractivity contribution in [3.63, 3.8) is 0 Å². The molecule has 0 saturated carbocycles. The molecular formula is C14H21BrN4O. The summed E-state index contributed by atoms with van der Waals surface area (Å²) in [6.45, 7) is 3.25. The van der Waals surface area contributed by atoms with Crippen LogP contribution in [0.4, 0.5) is 5.95 Å². The van der Waals surface area contributed by atoms with E-state index in [1.807, 2.05) is 0 Å². The largest absolute Gasteiger partial charge is 0.480 e. The van der Waals surface area contributed by atoms with Crippen LogP contribution in [0.1, 0.15) is 25.7 Å². The van der Waals surface area contributed by atoms with Crippen LogP contribution in [0.5, 0.6) is 5.88 Å². The van der Waals surface area contributed by atoms with Crippen molar-refractivity contribution in [1.82, 2.24) is 15.3 Å². The van der Waals surface area contributed by atoms with Gasteiger partial charge in [-0.05, 0) is 54.1 Å². The molecule has 0 radical (unpaired) electrons. The molecule has 2 aliphatic heterocycles. The van der Waals surface area contributed by atoms with Gasteiger partial charge < -0.3 is 15.0 Å². The second kappa shape index (κ2) is 6.26. The topological polar surface area (TPSA) is 50.3 Å². The number of piperidine rings is 1. The molecule has 20 heavy (non-hydrogen) atoms. The van der Waals surface area contributed by atoms with E-state index in [0.717, 1.165) is 23.5 Å². The first kappa shape index (κ1) is 14.1. The molecule has 0 aromatic carbocycles. The van der Waals surface area contributed by atoms with Crippen LogP contribution in [0.3, 0.4) is 0 Å². The molecule has 2 atom stereocenters. The van der Waals surface area contributed by atoms with Crippen LogP contribution in [0.15, 0.2) is 10.7 Å². The van der Waals surface area contributed by atoms with E-state index in [-0.39, 0.29) is 0 Å². The van der Waals surface area contributed by atoms with Crippen molar-refractivity contribution >= 4 is 21.9 Å². The third kappa shape index (κ3) is 2.91. The van der Waals surface area contributed by atoms with E-state index in [1.165, 1.54) is 32.2 Å². The van der Waals surface area contributed by atoms with Gasteiger partial charge in [-0.25, -0.2) is 4.98 Å². The molecule has 2 saturated heterocycles. The number of hydrogen-bond acceptors (Lipinski definition) is 5. The fourth-order valence-electron chi connectivity index (χ4n) is 3.27. The van der Waals surface area contributed by atoms with E-state index in [0.29, 0.717) is 17.8 Å². The summed E-state index contributed by atoms with van der Waals surface area (Å²) in [6.07, 6.45) is 6.91. The highest BCUT2D eigenvalue weighted by atomic mass is 79.9. The lowest BCUT2D eigenvalue weighted by molar-refractivity contribution is 0.325. The number of nitrogens with zero attached hydrogens (tertiary/aromatic N) is 3. The number of aromatic nitrogens is 2. The molecule has 3 rings (SSSR count). The van der Waals surface area contributed by atoms with Crippen molar-refractivity contribution in [2.45, 2.75) is 31.7 Å². The maximum Gasteiger partial charge on any atom is 0.232 e. The summed E-state index contributed by atoms with van der Waals surface area (Å²) < 4.78 is 6.07. The van der Waals surface area contributed by atoms with Crippen molar-refractivity contribution in [2.75, 3.05) is 31.6 Å².